The zero-order valence-electron chi connectivity index (χ0n) is 25.7. The van der Waals surface area contributed by atoms with Gasteiger partial charge in [-0.2, -0.15) is 0 Å². The number of hydrogen-bond acceptors (Lipinski definition) is 9. The molecule has 3 amide bonds. The van der Waals surface area contributed by atoms with Crippen LogP contribution in [0.15, 0.2) is 113 Å². The molecule has 0 aliphatic rings. The summed E-state index contributed by atoms with van der Waals surface area (Å²) in [5.74, 6) is 0.110. The molecule has 5 aromatic rings. The van der Waals surface area contributed by atoms with Gasteiger partial charge in [-0.3, -0.25) is 19.4 Å². The van der Waals surface area contributed by atoms with Crippen LogP contribution in [-0.4, -0.2) is 47.2 Å². The summed E-state index contributed by atoms with van der Waals surface area (Å²) in [7, 11) is 3.15. The average Bonchev–Trinajstić information content (AvgIpc) is 3.57. The lowest BCUT2D eigenvalue weighted by Crippen LogP contribution is -2.30. The number of methoxy groups -OCH3 is 2. The van der Waals surface area contributed by atoms with Gasteiger partial charge in [0.15, 0.2) is 16.6 Å². The second-order valence-corrected chi connectivity index (χ2v) is 12.3. The molecule has 0 spiro atoms. The molecule has 3 N–H and O–H groups in total. The number of nitrogens with one attached hydrogen (secondary N) is 3. The van der Waals surface area contributed by atoms with E-state index < -0.39 is 17.1 Å². The zero-order chi connectivity index (χ0) is 33.2. The van der Waals surface area contributed by atoms with Crippen LogP contribution in [0.5, 0.6) is 11.5 Å². The zero-order valence-corrected chi connectivity index (χ0v) is 27.4. The summed E-state index contributed by atoms with van der Waals surface area (Å²) in [6.45, 7) is 1.81. The molecule has 2 aromatic heterocycles. The summed E-state index contributed by atoms with van der Waals surface area (Å²) in [6.07, 6.45) is 4.78. The maximum atomic E-state index is 13.3. The van der Waals surface area contributed by atoms with E-state index in [0.29, 0.717) is 39.1 Å². The fourth-order valence-electron chi connectivity index (χ4n) is 4.31. The lowest BCUT2D eigenvalue weighted by molar-refractivity contribution is -0.115. The number of benzene rings is 3. The molecular formula is C35H31N5O5S2. The first-order valence-electron chi connectivity index (χ1n) is 14.4. The van der Waals surface area contributed by atoms with Gasteiger partial charge >= 0.3 is 0 Å². The first-order valence-corrected chi connectivity index (χ1v) is 16.1. The molecule has 1 atom stereocenters. The van der Waals surface area contributed by atoms with Crippen LogP contribution in [0.2, 0.25) is 0 Å². The molecule has 0 saturated carbocycles. The molecule has 0 fully saturated rings. The van der Waals surface area contributed by atoms with Gasteiger partial charge in [-0.15, -0.1) is 23.1 Å². The summed E-state index contributed by atoms with van der Waals surface area (Å²) < 4.78 is 10.7. The number of thiazole rings is 1. The van der Waals surface area contributed by atoms with E-state index in [0.717, 1.165) is 10.5 Å². The summed E-state index contributed by atoms with van der Waals surface area (Å²) in [5.41, 5.74) is 3.21. The summed E-state index contributed by atoms with van der Waals surface area (Å²) in [4.78, 5) is 48.6. The SMILES string of the molecule is COc1ccc(-c2csc(NC(=O)C(C)Sc3ccc(NC(=O)/C(=C/c4cccnc4)NC(=O)c4ccccc4)cc3)n2)cc1OC. The van der Waals surface area contributed by atoms with E-state index in [9.17, 15) is 14.4 Å². The number of thioether (sulfide) groups is 1. The van der Waals surface area contributed by atoms with Crippen molar-refractivity contribution >= 4 is 57.7 Å². The largest absolute Gasteiger partial charge is 0.493 e. The van der Waals surface area contributed by atoms with Gasteiger partial charge in [0, 0.05) is 39.5 Å². The van der Waals surface area contributed by atoms with Gasteiger partial charge in [0.2, 0.25) is 5.91 Å². The number of carbonyl (C=O) groups is 3. The van der Waals surface area contributed by atoms with Gasteiger partial charge in [0.25, 0.3) is 11.8 Å². The van der Waals surface area contributed by atoms with Crippen LogP contribution in [0.25, 0.3) is 17.3 Å². The Kier molecular flexibility index (Phi) is 11.0. The molecule has 0 saturated heterocycles. The van der Waals surface area contributed by atoms with Crippen LogP contribution in [0.4, 0.5) is 10.8 Å². The Hall–Kier alpha value is -5.46. The highest BCUT2D eigenvalue weighted by Gasteiger charge is 2.18. The Morgan fingerprint density at radius 2 is 1.66 bits per heavy atom. The van der Waals surface area contributed by atoms with Crippen LogP contribution in [0.3, 0.4) is 0 Å². The van der Waals surface area contributed by atoms with Crippen molar-refractivity contribution in [2.45, 2.75) is 17.1 Å². The molecule has 0 aliphatic heterocycles. The molecule has 0 aliphatic carbocycles. The van der Waals surface area contributed by atoms with Crippen molar-refractivity contribution in [3.63, 3.8) is 0 Å². The number of ether oxygens (including phenoxy) is 2. The Balaban J connectivity index is 1.19. The van der Waals surface area contributed by atoms with Crippen LogP contribution < -0.4 is 25.4 Å². The number of carbonyl (C=O) groups excluding carboxylic acids is 3. The predicted octanol–water partition coefficient (Wildman–Crippen LogP) is 6.75. The van der Waals surface area contributed by atoms with Gasteiger partial charge in [-0.05, 0) is 79.2 Å². The topological polar surface area (TPSA) is 132 Å². The smallest absolute Gasteiger partial charge is 0.272 e. The average molecular weight is 666 g/mol. The first kappa shape index (κ1) is 32.9. The molecule has 3 aromatic carbocycles. The standard InChI is InChI=1S/C35H31N5O5S2/c1-22(32(41)40-35-39-29(21-46-35)25-11-16-30(44-2)31(19-25)45-3)47-27-14-12-26(13-15-27)37-34(43)28(18-23-8-7-17-36-20-23)38-33(42)24-9-5-4-6-10-24/h4-22H,1-3H3,(H,37,43)(H,38,42)(H,39,40,41)/b28-18-. The third-order valence-corrected chi connectivity index (χ3v) is 8.60. The molecule has 5 rings (SSSR count). The number of anilines is 2. The van der Waals surface area contributed by atoms with E-state index in [4.69, 9.17) is 9.47 Å². The van der Waals surface area contributed by atoms with E-state index in [2.05, 4.69) is 25.9 Å². The van der Waals surface area contributed by atoms with Crippen LogP contribution in [0.1, 0.15) is 22.8 Å². The molecular weight excluding hydrogens is 635 g/mol. The van der Waals surface area contributed by atoms with Crippen molar-refractivity contribution in [3.05, 3.63) is 120 Å². The number of rotatable bonds is 12. The third-order valence-electron chi connectivity index (χ3n) is 6.73. The van der Waals surface area contributed by atoms with E-state index in [1.54, 1.807) is 81.2 Å². The Morgan fingerprint density at radius 1 is 0.894 bits per heavy atom. The van der Waals surface area contributed by atoms with E-state index in [1.165, 1.54) is 23.1 Å². The van der Waals surface area contributed by atoms with Crippen LogP contribution >= 0.6 is 23.1 Å². The number of nitrogens with zero attached hydrogens (tertiary/aromatic N) is 2. The predicted molar refractivity (Wildman–Crippen MR) is 186 cm³/mol. The van der Waals surface area contributed by atoms with Crippen LogP contribution in [-0.2, 0) is 9.59 Å². The van der Waals surface area contributed by atoms with Gasteiger partial charge < -0.3 is 25.4 Å². The monoisotopic (exact) mass is 665 g/mol. The minimum atomic E-state index is -0.498. The van der Waals surface area contributed by atoms with Crippen molar-refractivity contribution in [1.82, 2.24) is 15.3 Å². The molecule has 0 bridgehead atoms. The maximum Gasteiger partial charge on any atom is 0.272 e. The molecule has 12 heteroatoms. The normalized spacial score (nSPS) is 11.7. The number of aromatic nitrogens is 2. The van der Waals surface area contributed by atoms with Gasteiger partial charge in [0.05, 0.1) is 25.2 Å². The Morgan fingerprint density at radius 3 is 2.36 bits per heavy atom. The molecule has 1 unspecified atom stereocenters. The minimum absolute atomic E-state index is 0.0621. The maximum absolute atomic E-state index is 13.3. The molecule has 47 heavy (non-hydrogen) atoms. The van der Waals surface area contributed by atoms with Gasteiger partial charge in [-0.1, -0.05) is 24.3 Å². The Bertz CT molecular complexity index is 1880. The number of amides is 3. The highest BCUT2D eigenvalue weighted by molar-refractivity contribution is 8.00. The van der Waals surface area contributed by atoms with Gasteiger partial charge in [0.1, 0.15) is 5.70 Å². The summed E-state index contributed by atoms with van der Waals surface area (Å²) in [5, 5.41) is 10.4. The molecule has 0 radical (unpaired) electrons. The van der Waals surface area contributed by atoms with Gasteiger partial charge in [-0.25, -0.2) is 4.98 Å². The molecule has 238 valence electrons. The van der Waals surface area contributed by atoms with Crippen molar-refractivity contribution in [3.8, 4) is 22.8 Å². The fraction of sp³-hybridized carbons (Fsp3) is 0.114. The fourth-order valence-corrected chi connectivity index (χ4v) is 5.90. The van der Waals surface area contributed by atoms with E-state index in [-0.39, 0.29) is 11.6 Å². The molecule has 2 heterocycles. The number of pyridine rings is 1. The van der Waals surface area contributed by atoms with Crippen molar-refractivity contribution in [2.75, 3.05) is 24.9 Å². The summed E-state index contributed by atoms with van der Waals surface area (Å²) in [6, 6.07) is 24.8. The van der Waals surface area contributed by atoms with Crippen molar-refractivity contribution in [2.24, 2.45) is 0 Å². The third kappa shape index (κ3) is 8.84. The van der Waals surface area contributed by atoms with E-state index >= 15 is 0 Å². The number of hydrogen-bond donors (Lipinski definition) is 3. The Labute approximate surface area is 280 Å². The second kappa shape index (κ2) is 15.7. The quantitative estimate of drug-likeness (QED) is 0.0986. The lowest BCUT2D eigenvalue weighted by Gasteiger charge is -2.13. The van der Waals surface area contributed by atoms with Crippen molar-refractivity contribution < 1.29 is 23.9 Å². The highest BCUT2D eigenvalue weighted by atomic mass is 32.2. The second-order valence-electron chi connectivity index (χ2n) is 10.0. The first-order chi connectivity index (χ1) is 22.8. The minimum Gasteiger partial charge on any atom is -0.493 e. The highest BCUT2D eigenvalue weighted by Crippen LogP contribution is 2.34. The van der Waals surface area contributed by atoms with Crippen LogP contribution in [0, 0.1) is 0 Å². The molecule has 10 nitrogen and oxygen atoms in total. The van der Waals surface area contributed by atoms with Crippen molar-refractivity contribution in [1.29, 1.82) is 0 Å². The van der Waals surface area contributed by atoms with E-state index in [1.807, 2.05) is 48.7 Å². The summed E-state index contributed by atoms with van der Waals surface area (Å²) >= 11 is 2.70. The lowest BCUT2D eigenvalue weighted by atomic mass is 10.1.